The van der Waals surface area contributed by atoms with Crippen molar-refractivity contribution in [3.05, 3.63) is 53.9 Å². The van der Waals surface area contributed by atoms with E-state index in [-0.39, 0.29) is 5.04 Å². The summed E-state index contributed by atoms with van der Waals surface area (Å²) < 4.78 is 17.8. The van der Waals surface area contributed by atoms with Gasteiger partial charge in [0.2, 0.25) is 11.8 Å². The second-order valence-corrected chi connectivity index (χ2v) is 18.5. The zero-order valence-corrected chi connectivity index (χ0v) is 27.8. The van der Waals surface area contributed by atoms with Crippen molar-refractivity contribution in [3.63, 3.8) is 0 Å². The molecule has 1 atom stereocenters. The molecule has 1 amide bonds. The molecule has 0 radical (unpaired) electrons. The quantitative estimate of drug-likeness (QED) is 0.280. The Hall–Kier alpha value is -4.01. The number of hydrogen-bond donors (Lipinski definition) is 1. The fraction of sp³-hybridized carbons (Fsp3) is 0.469. The van der Waals surface area contributed by atoms with Crippen LogP contribution in [0.1, 0.15) is 59.6 Å². The Morgan fingerprint density at radius 2 is 1.86 bits per heavy atom. The number of nitrogens with one attached hydrogen (secondary N) is 1. The van der Waals surface area contributed by atoms with Crippen molar-refractivity contribution in [1.82, 2.24) is 15.0 Å². The normalized spacial score (nSPS) is 16.8. The molecule has 0 bridgehead atoms. The molecule has 0 saturated carbocycles. The molecule has 3 heterocycles. The molecule has 0 saturated heterocycles. The van der Waals surface area contributed by atoms with Crippen LogP contribution in [0.4, 0.5) is 22.1 Å². The van der Waals surface area contributed by atoms with E-state index in [0.717, 1.165) is 11.1 Å². The van der Waals surface area contributed by atoms with E-state index in [1.54, 1.807) is 42.6 Å². The highest BCUT2D eigenvalue weighted by Gasteiger charge is 2.47. The predicted molar refractivity (Wildman–Crippen MR) is 170 cm³/mol. The van der Waals surface area contributed by atoms with Gasteiger partial charge in [-0.3, -0.25) is 4.90 Å². The third kappa shape index (κ3) is 6.81. The van der Waals surface area contributed by atoms with Crippen LogP contribution in [0.15, 0.2) is 42.7 Å². The first-order valence-electron chi connectivity index (χ1n) is 14.3. The molecule has 2 aromatic heterocycles. The second-order valence-electron chi connectivity index (χ2n) is 13.7. The number of fused-ring (bicyclic) bond motifs is 1. The Morgan fingerprint density at radius 1 is 1.14 bits per heavy atom. The second kappa shape index (κ2) is 11.6. The third-order valence-corrected chi connectivity index (χ3v) is 12.5. The van der Waals surface area contributed by atoms with Crippen LogP contribution in [0, 0.1) is 11.3 Å². The van der Waals surface area contributed by atoms with Crippen LogP contribution in [0.5, 0.6) is 5.88 Å². The van der Waals surface area contributed by atoms with Gasteiger partial charge in [-0.2, -0.15) is 5.26 Å². The molecule has 1 aliphatic heterocycles. The summed E-state index contributed by atoms with van der Waals surface area (Å²) >= 11 is 0. The summed E-state index contributed by atoms with van der Waals surface area (Å²) in [6.45, 7) is 19.3. The van der Waals surface area contributed by atoms with Gasteiger partial charge < -0.3 is 19.2 Å². The van der Waals surface area contributed by atoms with Crippen molar-refractivity contribution in [2.75, 3.05) is 30.5 Å². The van der Waals surface area contributed by atoms with Crippen molar-refractivity contribution in [3.8, 4) is 23.2 Å². The van der Waals surface area contributed by atoms with E-state index in [0.29, 0.717) is 47.6 Å². The SMILES string of the molecule is COc1ncccc1Nc1nccc(-c2cc(C#N)c3c(c2)[C@](C)(CO[Si](C)(C)C(C)(C)C)CN3C(=O)OC(C)(C)C)n1. The van der Waals surface area contributed by atoms with Gasteiger partial charge in [0.1, 0.15) is 17.4 Å². The molecular formula is C32H42N6O4Si. The summed E-state index contributed by atoms with van der Waals surface area (Å²) in [5.41, 5.74) is 2.42. The number of carbonyl (C=O) groups is 1. The van der Waals surface area contributed by atoms with Crippen molar-refractivity contribution in [2.45, 2.75) is 77.6 Å². The number of benzene rings is 1. The number of hydrogen-bond acceptors (Lipinski definition) is 9. The minimum absolute atomic E-state index is 0.0105. The Balaban J connectivity index is 1.80. The molecule has 0 aliphatic carbocycles. The number of ether oxygens (including phenoxy) is 2. The van der Waals surface area contributed by atoms with Crippen molar-refractivity contribution in [1.29, 1.82) is 5.26 Å². The predicted octanol–water partition coefficient (Wildman–Crippen LogP) is 7.20. The molecule has 11 heteroatoms. The number of pyridine rings is 1. The average Bonchev–Trinajstić information content (AvgIpc) is 3.23. The molecular weight excluding hydrogens is 560 g/mol. The van der Waals surface area contributed by atoms with Crippen LogP contribution < -0.4 is 15.0 Å². The van der Waals surface area contributed by atoms with Gasteiger partial charge in [-0.25, -0.2) is 19.7 Å². The van der Waals surface area contributed by atoms with Gasteiger partial charge in [-0.15, -0.1) is 0 Å². The molecule has 0 unspecified atom stereocenters. The maximum absolute atomic E-state index is 13.5. The van der Waals surface area contributed by atoms with Crippen LogP contribution in [0.3, 0.4) is 0 Å². The van der Waals surface area contributed by atoms with E-state index >= 15 is 0 Å². The van der Waals surface area contributed by atoms with Crippen LogP contribution in [-0.4, -0.2) is 55.2 Å². The summed E-state index contributed by atoms with van der Waals surface area (Å²) in [6, 6.07) is 11.5. The number of aromatic nitrogens is 3. The first-order chi connectivity index (χ1) is 20.0. The summed E-state index contributed by atoms with van der Waals surface area (Å²) in [7, 11) is -0.577. The van der Waals surface area contributed by atoms with Crippen LogP contribution >= 0.6 is 0 Å². The standard InChI is InChI=1S/C32H42N6O4Si/c1-30(2,3)42-29(39)38-19-32(7,20-41-43(9,10)31(4,5)6)23-17-21(16-22(18-33)26(23)38)24-13-15-35-28(36-24)37-25-12-11-14-34-27(25)40-8/h11-17H,19-20H2,1-10H3,(H,35,36,37)/t32-/m0/s1. The van der Waals surface area contributed by atoms with Gasteiger partial charge in [0.15, 0.2) is 8.32 Å². The zero-order valence-electron chi connectivity index (χ0n) is 26.8. The minimum Gasteiger partial charge on any atom is -0.480 e. The van der Waals surface area contributed by atoms with Crippen molar-refractivity contribution < 1.29 is 18.7 Å². The largest absolute Gasteiger partial charge is 0.480 e. The van der Waals surface area contributed by atoms with Gasteiger partial charge in [0.25, 0.3) is 0 Å². The molecule has 0 fully saturated rings. The third-order valence-electron chi connectivity index (χ3n) is 7.99. The Kier molecular flexibility index (Phi) is 8.59. The van der Waals surface area contributed by atoms with E-state index in [1.165, 1.54) is 0 Å². The van der Waals surface area contributed by atoms with E-state index in [4.69, 9.17) is 18.9 Å². The zero-order chi connectivity index (χ0) is 31.8. The van der Waals surface area contributed by atoms with Crippen LogP contribution in [-0.2, 0) is 14.6 Å². The van der Waals surface area contributed by atoms with Gasteiger partial charge >= 0.3 is 6.09 Å². The van der Waals surface area contributed by atoms with Gasteiger partial charge in [-0.1, -0.05) is 27.7 Å². The lowest BCUT2D eigenvalue weighted by molar-refractivity contribution is 0.0575. The maximum atomic E-state index is 13.5. The Morgan fingerprint density at radius 3 is 2.49 bits per heavy atom. The molecule has 3 aromatic rings. The van der Waals surface area contributed by atoms with Crippen molar-refractivity contribution >= 4 is 31.7 Å². The molecule has 1 aromatic carbocycles. The number of rotatable bonds is 7. The van der Waals surface area contributed by atoms with E-state index < -0.39 is 25.4 Å². The van der Waals surface area contributed by atoms with E-state index in [2.05, 4.69) is 62.1 Å². The molecule has 43 heavy (non-hydrogen) atoms. The molecule has 1 aliphatic rings. The topological polar surface area (TPSA) is 122 Å². The van der Waals surface area contributed by atoms with Crippen LogP contribution in [0.25, 0.3) is 11.3 Å². The number of anilines is 3. The first kappa shape index (κ1) is 31.9. The van der Waals surface area contributed by atoms with Crippen molar-refractivity contribution in [2.24, 2.45) is 0 Å². The lowest BCUT2D eigenvalue weighted by Crippen LogP contribution is -2.46. The summed E-state index contributed by atoms with van der Waals surface area (Å²) in [6.07, 6.45) is 2.80. The maximum Gasteiger partial charge on any atom is 0.414 e. The summed E-state index contributed by atoms with van der Waals surface area (Å²) in [5, 5.41) is 13.5. The summed E-state index contributed by atoms with van der Waals surface area (Å²) in [4.78, 5) is 28.4. The number of methoxy groups -OCH3 is 1. The average molecular weight is 603 g/mol. The first-order valence-corrected chi connectivity index (χ1v) is 17.2. The summed E-state index contributed by atoms with van der Waals surface area (Å²) in [5.74, 6) is 0.766. The van der Waals surface area contributed by atoms with Gasteiger partial charge in [0, 0.05) is 36.5 Å². The minimum atomic E-state index is -2.12. The molecule has 4 rings (SSSR count). The number of amides is 1. The van der Waals surface area contributed by atoms with E-state index in [1.807, 2.05) is 32.9 Å². The number of nitriles is 1. The fourth-order valence-corrected chi connectivity index (χ4v) is 5.75. The van der Waals surface area contributed by atoms with E-state index in [9.17, 15) is 10.1 Å². The van der Waals surface area contributed by atoms with Gasteiger partial charge in [0.05, 0.1) is 24.1 Å². The highest BCUT2D eigenvalue weighted by Crippen LogP contribution is 2.47. The smallest absolute Gasteiger partial charge is 0.414 e. The number of nitrogens with zero attached hydrogens (tertiary/aromatic N) is 5. The lowest BCUT2D eigenvalue weighted by atomic mass is 9.83. The molecule has 10 nitrogen and oxygen atoms in total. The lowest BCUT2D eigenvalue weighted by Gasteiger charge is -2.39. The molecule has 0 spiro atoms. The number of carbonyl (C=O) groups excluding carboxylic acids is 1. The highest BCUT2D eigenvalue weighted by molar-refractivity contribution is 6.74. The monoisotopic (exact) mass is 602 g/mol. The van der Waals surface area contributed by atoms with Crippen LogP contribution in [0.2, 0.25) is 18.1 Å². The Labute approximate surface area is 255 Å². The highest BCUT2D eigenvalue weighted by atomic mass is 28.4. The molecule has 228 valence electrons. The Bertz CT molecular complexity index is 1560. The molecule has 1 N–H and O–H groups in total. The fourth-order valence-electron chi connectivity index (χ4n) is 4.63. The van der Waals surface area contributed by atoms with Gasteiger partial charge in [-0.05, 0) is 74.8 Å².